The maximum Gasteiger partial charge on any atom is 0.495 e. The molecule has 0 bridgehead atoms. The molecule has 1 amide bonds. The van der Waals surface area contributed by atoms with Gasteiger partial charge in [-0.1, -0.05) is 13.8 Å². The second kappa shape index (κ2) is 10.8. The van der Waals surface area contributed by atoms with Gasteiger partial charge in [-0.3, -0.25) is 0 Å². The normalized spacial score (nSPS) is 19.6. The Bertz CT molecular complexity index is 811. The maximum absolute atomic E-state index is 12.4. The van der Waals surface area contributed by atoms with Crippen LogP contribution in [0.5, 0.6) is 5.75 Å². The molecule has 3 rings (SSSR count). The molecule has 2 saturated heterocycles. The van der Waals surface area contributed by atoms with Crippen molar-refractivity contribution in [3.05, 3.63) is 18.2 Å². The van der Waals surface area contributed by atoms with Crippen LogP contribution in [0.3, 0.4) is 0 Å². The predicted molar refractivity (Wildman–Crippen MR) is 139 cm³/mol. The number of ether oxygens (including phenoxy) is 2. The number of hydrogen-bond donors (Lipinski definition) is 0. The van der Waals surface area contributed by atoms with E-state index >= 15 is 0 Å². The zero-order valence-corrected chi connectivity index (χ0v) is 23.2. The van der Waals surface area contributed by atoms with Crippen LogP contribution in [0, 0.1) is 0 Å². The largest absolute Gasteiger partial charge is 0.495 e. The highest BCUT2D eigenvalue weighted by atomic mass is 16.7. The molecule has 0 aromatic heterocycles. The molecule has 192 valence electrons. The number of nitrogens with zero attached hydrogens (tertiary/aromatic N) is 2. The van der Waals surface area contributed by atoms with Gasteiger partial charge < -0.3 is 28.6 Å². The summed E-state index contributed by atoms with van der Waals surface area (Å²) in [7, 11) is -0.461. The van der Waals surface area contributed by atoms with Crippen LogP contribution < -0.4 is 15.1 Å². The summed E-state index contributed by atoms with van der Waals surface area (Å²) in [5, 5.41) is 0. The van der Waals surface area contributed by atoms with Gasteiger partial charge in [-0.05, 0) is 79.9 Å². The number of carbonyl (C=O) groups is 1. The molecule has 0 saturated carbocycles. The van der Waals surface area contributed by atoms with Crippen LogP contribution in [0.1, 0.15) is 76.2 Å². The molecule has 0 radical (unpaired) electrons. The van der Waals surface area contributed by atoms with Crippen LogP contribution in [0.15, 0.2) is 18.2 Å². The fourth-order valence-electron chi connectivity index (χ4n) is 3.72. The molecule has 0 aliphatic carbocycles. The monoisotopic (exact) mass is 476 g/mol. The minimum atomic E-state index is -0.492. The first-order valence-corrected chi connectivity index (χ1v) is 12.6. The second-order valence-corrected chi connectivity index (χ2v) is 11.0. The molecule has 0 spiro atoms. The highest BCUT2D eigenvalue weighted by Gasteiger charge is 2.52. The van der Waals surface area contributed by atoms with E-state index in [-0.39, 0.29) is 12.2 Å². The first-order chi connectivity index (χ1) is 15.7. The second-order valence-electron chi connectivity index (χ2n) is 11.0. The smallest absolute Gasteiger partial charge is 0.491 e. The van der Waals surface area contributed by atoms with Crippen molar-refractivity contribution in [2.24, 2.45) is 0 Å². The van der Waals surface area contributed by atoms with Gasteiger partial charge >= 0.3 is 13.2 Å². The minimum absolute atomic E-state index is 0.0559. The molecular formula is C26H45BN2O5. The molecule has 1 aromatic carbocycles. The fraction of sp³-hybridized carbons (Fsp3) is 0.731. The maximum atomic E-state index is 12.4. The van der Waals surface area contributed by atoms with Gasteiger partial charge in [0.15, 0.2) is 0 Å². The number of hydrogen-bond acceptors (Lipinski definition) is 6. The average molecular weight is 476 g/mol. The van der Waals surface area contributed by atoms with Crippen LogP contribution in [-0.4, -0.2) is 67.2 Å². The van der Waals surface area contributed by atoms with E-state index in [1.54, 1.807) is 4.90 Å². The highest BCUT2D eigenvalue weighted by molar-refractivity contribution is 6.62. The fourth-order valence-corrected chi connectivity index (χ4v) is 3.72. The van der Waals surface area contributed by atoms with E-state index in [1.165, 1.54) is 0 Å². The van der Waals surface area contributed by atoms with E-state index in [4.69, 9.17) is 18.8 Å². The van der Waals surface area contributed by atoms with Gasteiger partial charge in [-0.2, -0.15) is 0 Å². The van der Waals surface area contributed by atoms with E-state index in [0.717, 1.165) is 16.9 Å². The minimum Gasteiger partial charge on any atom is -0.491 e. The number of amides is 1. The van der Waals surface area contributed by atoms with Crippen molar-refractivity contribution >= 4 is 24.4 Å². The van der Waals surface area contributed by atoms with Crippen LogP contribution in [0.4, 0.5) is 10.5 Å². The first-order valence-electron chi connectivity index (χ1n) is 12.6. The third-order valence-corrected chi connectivity index (χ3v) is 6.11. The summed E-state index contributed by atoms with van der Waals surface area (Å²) in [5.74, 6) is 0.789. The Kier molecular flexibility index (Phi) is 8.97. The van der Waals surface area contributed by atoms with Crippen LogP contribution in [0.2, 0.25) is 0 Å². The van der Waals surface area contributed by atoms with Crippen molar-refractivity contribution in [1.29, 1.82) is 0 Å². The summed E-state index contributed by atoms with van der Waals surface area (Å²) in [6.45, 7) is 24.6. The van der Waals surface area contributed by atoms with Crippen molar-refractivity contribution in [3.8, 4) is 5.75 Å². The van der Waals surface area contributed by atoms with Crippen molar-refractivity contribution in [2.45, 2.75) is 99.1 Å². The standard InChI is InChI=1S/C24H39BN2O5.C2H6/c1-17(2)29-20-15-18(25-31-23(6,7)24(8,9)32-25)14-19(16-20)26-10-12-27(13-11-26)21(28)30-22(3,4)5;1-2/h14-17H,10-13H2,1-9H3;1-2H3. The van der Waals surface area contributed by atoms with Crippen molar-refractivity contribution in [2.75, 3.05) is 31.1 Å². The zero-order chi connectivity index (χ0) is 25.9. The summed E-state index contributed by atoms with van der Waals surface area (Å²) < 4.78 is 24.1. The topological polar surface area (TPSA) is 60.5 Å². The Hall–Kier alpha value is -1.93. The summed E-state index contributed by atoms with van der Waals surface area (Å²) in [6, 6.07) is 6.17. The van der Waals surface area contributed by atoms with E-state index in [2.05, 4.69) is 44.7 Å². The number of anilines is 1. The summed E-state index contributed by atoms with van der Waals surface area (Å²) >= 11 is 0. The molecule has 2 heterocycles. The molecule has 0 atom stereocenters. The van der Waals surface area contributed by atoms with Gasteiger partial charge in [0.25, 0.3) is 0 Å². The van der Waals surface area contributed by atoms with Gasteiger partial charge in [0, 0.05) is 37.9 Å². The van der Waals surface area contributed by atoms with Gasteiger partial charge in [0.1, 0.15) is 11.4 Å². The lowest BCUT2D eigenvalue weighted by atomic mass is 9.78. The molecule has 34 heavy (non-hydrogen) atoms. The molecule has 7 nitrogen and oxygen atoms in total. The van der Waals surface area contributed by atoms with Gasteiger partial charge in [-0.25, -0.2) is 4.79 Å². The van der Waals surface area contributed by atoms with Crippen molar-refractivity contribution in [3.63, 3.8) is 0 Å². The van der Waals surface area contributed by atoms with E-state index < -0.39 is 23.9 Å². The summed E-state index contributed by atoms with van der Waals surface area (Å²) in [4.78, 5) is 16.5. The third-order valence-electron chi connectivity index (χ3n) is 6.11. The summed E-state index contributed by atoms with van der Waals surface area (Å²) in [5.41, 5.74) is 0.662. The lowest BCUT2D eigenvalue weighted by Crippen LogP contribution is -2.50. The Balaban J connectivity index is 0.00000199. The lowest BCUT2D eigenvalue weighted by molar-refractivity contribution is 0.00578. The van der Waals surface area contributed by atoms with Gasteiger partial charge in [-0.15, -0.1) is 0 Å². The number of piperazine rings is 1. The quantitative estimate of drug-likeness (QED) is 0.579. The molecule has 2 aliphatic heterocycles. The lowest BCUT2D eigenvalue weighted by Gasteiger charge is -2.37. The number of rotatable bonds is 4. The predicted octanol–water partition coefficient (Wildman–Crippen LogP) is 4.86. The molecule has 0 N–H and O–H groups in total. The molecule has 1 aromatic rings. The van der Waals surface area contributed by atoms with Gasteiger partial charge in [0.2, 0.25) is 0 Å². The molecule has 8 heteroatoms. The Morgan fingerprint density at radius 1 is 0.971 bits per heavy atom. The number of carbonyl (C=O) groups excluding carboxylic acids is 1. The molecular weight excluding hydrogens is 431 g/mol. The Labute approximate surface area is 207 Å². The van der Waals surface area contributed by atoms with E-state index in [9.17, 15) is 4.79 Å². The van der Waals surface area contributed by atoms with Crippen LogP contribution in [0.25, 0.3) is 0 Å². The average Bonchev–Trinajstić information content (AvgIpc) is 2.95. The van der Waals surface area contributed by atoms with Crippen LogP contribution in [-0.2, 0) is 14.0 Å². The molecule has 0 unspecified atom stereocenters. The van der Waals surface area contributed by atoms with Crippen molar-refractivity contribution < 1.29 is 23.6 Å². The number of benzene rings is 1. The van der Waals surface area contributed by atoms with E-state index in [0.29, 0.717) is 26.2 Å². The Morgan fingerprint density at radius 2 is 1.50 bits per heavy atom. The molecule has 2 aliphatic rings. The first kappa shape index (κ1) is 28.3. The van der Waals surface area contributed by atoms with Crippen LogP contribution >= 0.6 is 0 Å². The highest BCUT2D eigenvalue weighted by Crippen LogP contribution is 2.37. The van der Waals surface area contributed by atoms with Crippen molar-refractivity contribution in [1.82, 2.24) is 4.90 Å². The SMILES string of the molecule is CC.CC(C)Oc1cc(B2OC(C)(C)C(C)(C)O2)cc(N2CCN(C(=O)OC(C)(C)C)CC2)c1. The van der Waals surface area contributed by atoms with E-state index in [1.807, 2.05) is 54.5 Å². The molecule has 2 fully saturated rings. The third kappa shape index (κ3) is 7.04. The zero-order valence-electron chi connectivity index (χ0n) is 23.2. The summed E-state index contributed by atoms with van der Waals surface area (Å²) in [6.07, 6.45) is -0.202. The Morgan fingerprint density at radius 3 is 1.97 bits per heavy atom. The van der Waals surface area contributed by atoms with Gasteiger partial charge in [0.05, 0.1) is 17.3 Å².